The maximum absolute atomic E-state index is 11.3. The molecule has 0 spiro atoms. The van der Waals surface area contributed by atoms with E-state index in [1.54, 1.807) is 6.92 Å². The summed E-state index contributed by atoms with van der Waals surface area (Å²) in [6.45, 7) is 2.89. The Hall–Kier alpha value is -3.22. The van der Waals surface area contributed by atoms with Gasteiger partial charge in [0.05, 0.1) is 0 Å². The van der Waals surface area contributed by atoms with E-state index in [-0.39, 0.29) is 6.10 Å². The summed E-state index contributed by atoms with van der Waals surface area (Å²) < 4.78 is 11.5. The summed E-state index contributed by atoms with van der Waals surface area (Å²) >= 11 is 5.48. The zero-order chi connectivity index (χ0) is 24.9. The number of rotatable bonds is 13. The monoisotopic (exact) mass is 491 g/mol. The molecule has 3 rings (SSSR count). The van der Waals surface area contributed by atoms with E-state index in [9.17, 15) is 9.90 Å². The first-order chi connectivity index (χ1) is 17.0. The van der Waals surface area contributed by atoms with Gasteiger partial charge < -0.3 is 19.9 Å². The van der Waals surface area contributed by atoms with Gasteiger partial charge in [-0.3, -0.25) is 0 Å². The van der Waals surface area contributed by atoms with E-state index in [1.807, 2.05) is 60.7 Å². The smallest absolute Gasteiger partial charge is 0.333 e. The predicted octanol–water partition coefficient (Wildman–Crippen LogP) is 5.53. The maximum Gasteiger partial charge on any atom is 0.333 e. The van der Waals surface area contributed by atoms with Gasteiger partial charge in [-0.05, 0) is 60.7 Å². The highest BCUT2D eigenvalue weighted by Crippen LogP contribution is 2.24. The average molecular weight is 492 g/mol. The van der Waals surface area contributed by atoms with Crippen molar-refractivity contribution in [2.24, 2.45) is 0 Å². The second-order valence-electron chi connectivity index (χ2n) is 8.31. The quantitative estimate of drug-likeness (QED) is 0.307. The van der Waals surface area contributed by atoms with Crippen molar-refractivity contribution in [3.8, 4) is 0 Å². The third-order valence-electron chi connectivity index (χ3n) is 5.73. The Morgan fingerprint density at radius 1 is 0.886 bits per heavy atom. The van der Waals surface area contributed by atoms with Crippen LogP contribution in [0, 0.1) is 0 Å². The minimum absolute atomic E-state index is 0.165. The number of carboxylic acid groups (broad SMARTS) is 1. The largest absolute Gasteiger partial charge is 0.479 e. The van der Waals surface area contributed by atoms with Gasteiger partial charge in [0.2, 0.25) is 0 Å². The van der Waals surface area contributed by atoms with Crippen molar-refractivity contribution in [1.29, 1.82) is 0 Å². The molecule has 0 aliphatic rings. The zero-order valence-corrected chi connectivity index (χ0v) is 20.9. The molecule has 0 aromatic heterocycles. The molecule has 184 valence electrons. The SMILES string of the molecule is CCO[C@@H](Cc1ccc(CCC(OC(=S)NCCc2ccccc2)c2ccccc2)cc1)C(=O)O. The third kappa shape index (κ3) is 9.15. The number of hydrogen-bond acceptors (Lipinski definition) is 4. The van der Waals surface area contributed by atoms with Crippen LogP contribution in [0.15, 0.2) is 84.9 Å². The van der Waals surface area contributed by atoms with E-state index >= 15 is 0 Å². The molecule has 0 saturated heterocycles. The average Bonchev–Trinajstić information content (AvgIpc) is 2.88. The normalized spacial score (nSPS) is 12.5. The molecule has 2 N–H and O–H groups in total. The number of carboxylic acids is 1. The van der Waals surface area contributed by atoms with Crippen LogP contribution in [0.1, 0.15) is 41.7 Å². The predicted molar refractivity (Wildman–Crippen MR) is 143 cm³/mol. The number of ether oxygens (including phenoxy) is 2. The molecule has 5 nitrogen and oxygen atoms in total. The van der Waals surface area contributed by atoms with Gasteiger partial charge in [-0.2, -0.15) is 0 Å². The van der Waals surface area contributed by atoms with Crippen LogP contribution in [0.5, 0.6) is 0 Å². The molecule has 3 aromatic carbocycles. The lowest BCUT2D eigenvalue weighted by Crippen LogP contribution is -2.28. The fraction of sp³-hybridized carbons (Fsp3) is 0.310. The molecule has 6 heteroatoms. The lowest BCUT2D eigenvalue weighted by Gasteiger charge is -2.21. The molecule has 35 heavy (non-hydrogen) atoms. The number of benzene rings is 3. The summed E-state index contributed by atoms with van der Waals surface area (Å²) in [4.78, 5) is 11.3. The van der Waals surface area contributed by atoms with E-state index < -0.39 is 12.1 Å². The van der Waals surface area contributed by atoms with E-state index in [0.717, 1.165) is 36.0 Å². The number of aliphatic carboxylic acids is 1. The molecule has 0 radical (unpaired) electrons. The molecule has 1 unspecified atom stereocenters. The summed E-state index contributed by atoms with van der Waals surface area (Å²) in [5.74, 6) is -0.938. The van der Waals surface area contributed by atoms with Crippen LogP contribution in [-0.4, -0.2) is 35.5 Å². The van der Waals surface area contributed by atoms with Gasteiger partial charge in [0.15, 0.2) is 6.10 Å². The van der Waals surface area contributed by atoms with Crippen LogP contribution in [0.2, 0.25) is 0 Å². The first-order valence-corrected chi connectivity index (χ1v) is 12.4. The second kappa shape index (κ2) is 14.2. The fourth-order valence-corrected chi connectivity index (χ4v) is 4.08. The van der Waals surface area contributed by atoms with Crippen LogP contribution in [0.4, 0.5) is 0 Å². The fourth-order valence-electron chi connectivity index (χ4n) is 3.86. The van der Waals surface area contributed by atoms with Gasteiger partial charge in [-0.25, -0.2) is 4.79 Å². The lowest BCUT2D eigenvalue weighted by atomic mass is 9.99. The van der Waals surface area contributed by atoms with Crippen molar-refractivity contribution < 1.29 is 19.4 Å². The minimum atomic E-state index is -0.938. The number of nitrogens with one attached hydrogen (secondary N) is 1. The maximum atomic E-state index is 11.3. The standard InChI is InChI=1S/C29H33NO4S/c1-2-33-27(28(31)32)21-24-15-13-23(14-16-24)17-18-26(25-11-7-4-8-12-25)34-29(35)30-20-19-22-9-5-3-6-10-22/h3-16,26-27H,2,17-21H2,1H3,(H,30,35)(H,31,32)/t26?,27-/m0/s1. The van der Waals surface area contributed by atoms with Crippen molar-refractivity contribution in [1.82, 2.24) is 5.32 Å². The van der Waals surface area contributed by atoms with E-state index in [4.69, 9.17) is 21.7 Å². The summed E-state index contributed by atoms with van der Waals surface area (Å²) in [6, 6.07) is 28.4. The topological polar surface area (TPSA) is 67.8 Å². The lowest BCUT2D eigenvalue weighted by molar-refractivity contribution is -0.149. The molecule has 0 bridgehead atoms. The van der Waals surface area contributed by atoms with Crippen molar-refractivity contribution in [2.45, 2.75) is 44.8 Å². The van der Waals surface area contributed by atoms with Crippen molar-refractivity contribution in [2.75, 3.05) is 13.2 Å². The van der Waals surface area contributed by atoms with E-state index in [2.05, 4.69) is 29.6 Å². The number of aryl methyl sites for hydroxylation is 1. The summed E-state index contributed by atoms with van der Waals surface area (Å²) in [6.07, 6.45) is 1.81. The molecule has 0 fully saturated rings. The van der Waals surface area contributed by atoms with Gasteiger partial charge in [-0.1, -0.05) is 84.9 Å². The highest BCUT2D eigenvalue weighted by molar-refractivity contribution is 7.80. The van der Waals surface area contributed by atoms with Crippen molar-refractivity contribution in [3.63, 3.8) is 0 Å². The molecule has 0 aliphatic heterocycles. The first kappa shape index (κ1) is 26.4. The Balaban J connectivity index is 1.55. The minimum Gasteiger partial charge on any atom is -0.479 e. The number of carbonyl (C=O) groups is 1. The van der Waals surface area contributed by atoms with Gasteiger partial charge >= 0.3 is 5.97 Å². The summed E-state index contributed by atoms with van der Waals surface area (Å²) in [7, 11) is 0. The van der Waals surface area contributed by atoms with Crippen LogP contribution < -0.4 is 5.32 Å². The molecule has 3 aromatic rings. The Labute approximate surface area is 213 Å². The molecule has 2 atom stereocenters. The Kier molecular flexibility index (Phi) is 10.7. The Bertz CT molecular complexity index is 1040. The number of thiocarbonyl (C=S) groups is 1. The van der Waals surface area contributed by atoms with Gasteiger partial charge in [0, 0.05) is 19.6 Å². The van der Waals surface area contributed by atoms with Crippen molar-refractivity contribution in [3.05, 3.63) is 107 Å². The van der Waals surface area contributed by atoms with Gasteiger partial charge in [0.25, 0.3) is 5.17 Å². The van der Waals surface area contributed by atoms with Gasteiger partial charge in [-0.15, -0.1) is 0 Å². The molecule has 0 saturated carbocycles. The summed E-state index contributed by atoms with van der Waals surface area (Å²) in [5, 5.41) is 12.9. The molecular formula is C29H33NO4S. The van der Waals surface area contributed by atoms with E-state index in [0.29, 0.717) is 24.7 Å². The highest BCUT2D eigenvalue weighted by Gasteiger charge is 2.18. The van der Waals surface area contributed by atoms with Crippen LogP contribution in [-0.2, 0) is 33.5 Å². The molecule has 0 heterocycles. The van der Waals surface area contributed by atoms with Crippen LogP contribution in [0.3, 0.4) is 0 Å². The van der Waals surface area contributed by atoms with E-state index in [1.165, 1.54) is 5.56 Å². The highest BCUT2D eigenvalue weighted by atomic mass is 32.1. The van der Waals surface area contributed by atoms with Gasteiger partial charge in [0.1, 0.15) is 6.10 Å². The molecular weight excluding hydrogens is 458 g/mol. The summed E-state index contributed by atoms with van der Waals surface area (Å²) in [5.41, 5.74) is 4.43. The first-order valence-electron chi connectivity index (χ1n) is 12.0. The molecule has 0 aliphatic carbocycles. The van der Waals surface area contributed by atoms with Crippen molar-refractivity contribution >= 4 is 23.4 Å². The Morgan fingerprint density at radius 3 is 2.11 bits per heavy atom. The Morgan fingerprint density at radius 2 is 1.49 bits per heavy atom. The zero-order valence-electron chi connectivity index (χ0n) is 20.1. The van der Waals surface area contributed by atoms with Crippen LogP contribution >= 0.6 is 12.2 Å². The van der Waals surface area contributed by atoms with Crippen LogP contribution in [0.25, 0.3) is 0 Å². The third-order valence-corrected chi connectivity index (χ3v) is 5.97. The molecule has 0 amide bonds. The number of hydrogen-bond donors (Lipinski definition) is 2. The second-order valence-corrected chi connectivity index (χ2v) is 8.68.